The minimum absolute atomic E-state index is 0.0826. The Bertz CT molecular complexity index is 388. The maximum atomic E-state index is 11.4. The molecule has 0 heterocycles. The quantitative estimate of drug-likeness (QED) is 0.788. The van der Waals surface area contributed by atoms with Gasteiger partial charge in [-0.25, -0.2) is 0 Å². The molecule has 1 aromatic rings. The first-order valence-corrected chi connectivity index (χ1v) is 5.29. The molecule has 0 spiro atoms. The smallest absolute Gasteiger partial charge is 0.224 e. The Morgan fingerprint density at radius 2 is 2.06 bits per heavy atom. The van der Waals surface area contributed by atoms with E-state index in [2.05, 4.69) is 5.32 Å². The second-order valence-electron chi connectivity index (χ2n) is 3.57. The molecule has 0 aromatic heterocycles. The van der Waals surface area contributed by atoms with Crippen molar-refractivity contribution in [2.45, 2.75) is 26.2 Å². The molecule has 0 aliphatic rings. The number of amides is 2. The fourth-order valence-electron chi connectivity index (χ4n) is 1.33. The lowest BCUT2D eigenvalue weighted by atomic mass is 10.1. The number of carbonyl (C=O) groups is 2. The van der Waals surface area contributed by atoms with Gasteiger partial charge in [-0.3, -0.25) is 9.59 Å². The molecular weight excluding hydrogens is 204 g/mol. The van der Waals surface area contributed by atoms with E-state index in [1.165, 1.54) is 0 Å². The van der Waals surface area contributed by atoms with Gasteiger partial charge in [0, 0.05) is 18.5 Å². The Kier molecular flexibility index (Phi) is 4.51. The first kappa shape index (κ1) is 12.2. The van der Waals surface area contributed by atoms with E-state index in [0.717, 1.165) is 17.7 Å². The molecule has 3 N–H and O–H groups in total. The highest BCUT2D eigenvalue weighted by molar-refractivity contribution is 5.93. The lowest BCUT2D eigenvalue weighted by Gasteiger charge is -2.05. The molecule has 4 heteroatoms. The van der Waals surface area contributed by atoms with Crippen LogP contribution in [-0.2, 0) is 16.0 Å². The van der Waals surface area contributed by atoms with Crippen LogP contribution >= 0.6 is 0 Å². The van der Waals surface area contributed by atoms with Crippen LogP contribution in [0.5, 0.6) is 0 Å². The molecular formula is C12H16N2O2. The van der Waals surface area contributed by atoms with Gasteiger partial charge >= 0.3 is 0 Å². The SMILES string of the molecule is CCc1cccc(NC(=O)CCC(N)=O)c1. The minimum Gasteiger partial charge on any atom is -0.370 e. The number of primary amides is 1. The molecule has 16 heavy (non-hydrogen) atoms. The van der Waals surface area contributed by atoms with Crippen LogP contribution in [0.1, 0.15) is 25.3 Å². The molecule has 4 nitrogen and oxygen atoms in total. The van der Waals surface area contributed by atoms with Gasteiger partial charge in [0.15, 0.2) is 0 Å². The standard InChI is InChI=1S/C12H16N2O2/c1-2-9-4-3-5-10(8-9)14-12(16)7-6-11(13)15/h3-5,8H,2,6-7H2,1H3,(H2,13,15)(H,14,16). The van der Waals surface area contributed by atoms with Crippen LogP contribution in [-0.4, -0.2) is 11.8 Å². The van der Waals surface area contributed by atoms with E-state index in [1.807, 2.05) is 31.2 Å². The van der Waals surface area contributed by atoms with Crippen molar-refractivity contribution in [3.63, 3.8) is 0 Å². The zero-order valence-corrected chi connectivity index (χ0v) is 9.32. The highest BCUT2D eigenvalue weighted by atomic mass is 16.2. The largest absolute Gasteiger partial charge is 0.370 e. The number of hydrogen-bond donors (Lipinski definition) is 2. The van der Waals surface area contributed by atoms with Gasteiger partial charge in [-0.15, -0.1) is 0 Å². The summed E-state index contributed by atoms with van der Waals surface area (Å²) in [6.45, 7) is 2.05. The third kappa shape index (κ3) is 4.13. The molecule has 2 amide bonds. The monoisotopic (exact) mass is 220 g/mol. The van der Waals surface area contributed by atoms with Crippen LogP contribution in [0, 0.1) is 0 Å². The maximum absolute atomic E-state index is 11.4. The van der Waals surface area contributed by atoms with Crippen LogP contribution in [0.4, 0.5) is 5.69 Å². The maximum Gasteiger partial charge on any atom is 0.224 e. The predicted molar refractivity (Wildman–Crippen MR) is 62.9 cm³/mol. The van der Waals surface area contributed by atoms with Crippen molar-refractivity contribution in [3.05, 3.63) is 29.8 Å². The Balaban J connectivity index is 2.52. The summed E-state index contributed by atoms with van der Waals surface area (Å²) in [6.07, 6.45) is 1.13. The number of carbonyl (C=O) groups excluding carboxylic acids is 2. The van der Waals surface area contributed by atoms with Crippen LogP contribution in [0.3, 0.4) is 0 Å². The third-order valence-corrected chi connectivity index (χ3v) is 2.22. The fraction of sp³-hybridized carbons (Fsp3) is 0.333. The first-order valence-electron chi connectivity index (χ1n) is 5.29. The van der Waals surface area contributed by atoms with Crippen molar-refractivity contribution in [1.29, 1.82) is 0 Å². The Hall–Kier alpha value is -1.84. The molecule has 0 radical (unpaired) electrons. The second-order valence-corrected chi connectivity index (χ2v) is 3.57. The Morgan fingerprint density at radius 1 is 1.31 bits per heavy atom. The zero-order valence-electron chi connectivity index (χ0n) is 9.32. The van der Waals surface area contributed by atoms with E-state index < -0.39 is 5.91 Å². The topological polar surface area (TPSA) is 72.2 Å². The first-order chi connectivity index (χ1) is 7.61. The van der Waals surface area contributed by atoms with Crippen LogP contribution in [0.2, 0.25) is 0 Å². The van der Waals surface area contributed by atoms with Crippen LogP contribution in [0.15, 0.2) is 24.3 Å². The van der Waals surface area contributed by atoms with Gasteiger partial charge in [0.2, 0.25) is 11.8 Å². The van der Waals surface area contributed by atoms with Crippen molar-refractivity contribution in [2.75, 3.05) is 5.32 Å². The molecule has 0 unspecified atom stereocenters. The Labute approximate surface area is 94.8 Å². The van der Waals surface area contributed by atoms with E-state index in [0.29, 0.717) is 0 Å². The lowest BCUT2D eigenvalue weighted by Crippen LogP contribution is -2.17. The molecule has 86 valence electrons. The minimum atomic E-state index is -0.461. The van der Waals surface area contributed by atoms with Gasteiger partial charge in [-0.1, -0.05) is 19.1 Å². The van der Waals surface area contributed by atoms with E-state index in [9.17, 15) is 9.59 Å². The number of benzene rings is 1. The molecule has 1 rings (SSSR count). The fourth-order valence-corrected chi connectivity index (χ4v) is 1.33. The van der Waals surface area contributed by atoms with Crippen LogP contribution in [0.25, 0.3) is 0 Å². The lowest BCUT2D eigenvalue weighted by molar-refractivity contribution is -0.122. The summed E-state index contributed by atoms with van der Waals surface area (Å²) in [4.78, 5) is 21.9. The third-order valence-electron chi connectivity index (χ3n) is 2.22. The summed E-state index contributed by atoms with van der Waals surface area (Å²) < 4.78 is 0. The summed E-state index contributed by atoms with van der Waals surface area (Å²) in [5.74, 6) is -0.649. The number of rotatable bonds is 5. The van der Waals surface area contributed by atoms with Crippen molar-refractivity contribution in [3.8, 4) is 0 Å². The number of anilines is 1. The number of hydrogen-bond acceptors (Lipinski definition) is 2. The van der Waals surface area contributed by atoms with Gasteiger partial charge in [-0.05, 0) is 24.1 Å². The molecule has 0 aliphatic heterocycles. The molecule has 0 saturated heterocycles. The van der Waals surface area contributed by atoms with E-state index in [1.54, 1.807) is 0 Å². The highest BCUT2D eigenvalue weighted by Gasteiger charge is 2.04. The summed E-state index contributed by atoms with van der Waals surface area (Å²) >= 11 is 0. The van der Waals surface area contributed by atoms with Gasteiger partial charge < -0.3 is 11.1 Å². The number of nitrogens with one attached hydrogen (secondary N) is 1. The molecule has 0 fully saturated rings. The number of aryl methyl sites for hydroxylation is 1. The van der Waals surface area contributed by atoms with Crippen molar-refractivity contribution < 1.29 is 9.59 Å². The van der Waals surface area contributed by atoms with Gasteiger partial charge in [0.25, 0.3) is 0 Å². The Morgan fingerprint density at radius 3 is 2.69 bits per heavy atom. The highest BCUT2D eigenvalue weighted by Crippen LogP contribution is 2.11. The van der Waals surface area contributed by atoms with Crippen molar-refractivity contribution in [2.24, 2.45) is 5.73 Å². The van der Waals surface area contributed by atoms with Gasteiger partial charge in [-0.2, -0.15) is 0 Å². The molecule has 0 saturated carbocycles. The summed E-state index contributed by atoms with van der Waals surface area (Å²) in [5, 5.41) is 2.73. The predicted octanol–water partition coefficient (Wildman–Crippen LogP) is 1.45. The normalized spacial score (nSPS) is 9.81. The summed E-state index contributed by atoms with van der Waals surface area (Å²) in [7, 11) is 0. The van der Waals surface area contributed by atoms with Crippen molar-refractivity contribution >= 4 is 17.5 Å². The molecule has 1 aromatic carbocycles. The van der Waals surface area contributed by atoms with Crippen molar-refractivity contribution in [1.82, 2.24) is 0 Å². The number of nitrogens with two attached hydrogens (primary N) is 1. The van der Waals surface area contributed by atoms with Gasteiger partial charge in [0.05, 0.1) is 0 Å². The zero-order chi connectivity index (χ0) is 12.0. The van der Waals surface area contributed by atoms with E-state index >= 15 is 0 Å². The molecule has 0 bridgehead atoms. The van der Waals surface area contributed by atoms with Gasteiger partial charge in [0.1, 0.15) is 0 Å². The van der Waals surface area contributed by atoms with E-state index in [4.69, 9.17) is 5.73 Å². The summed E-state index contributed by atoms with van der Waals surface area (Å²) in [5.41, 5.74) is 6.88. The van der Waals surface area contributed by atoms with E-state index in [-0.39, 0.29) is 18.7 Å². The summed E-state index contributed by atoms with van der Waals surface area (Å²) in [6, 6.07) is 7.63. The average molecular weight is 220 g/mol. The average Bonchev–Trinajstić information content (AvgIpc) is 2.26. The second kappa shape index (κ2) is 5.90. The van der Waals surface area contributed by atoms with Crippen LogP contribution < -0.4 is 11.1 Å². The molecule has 0 aliphatic carbocycles. The molecule has 0 atom stereocenters.